The fourth-order valence-corrected chi connectivity index (χ4v) is 1.90. The Hall–Kier alpha value is -1.75. The highest BCUT2D eigenvalue weighted by molar-refractivity contribution is 5.90. The molecule has 5 heteroatoms. The summed E-state index contributed by atoms with van der Waals surface area (Å²) in [4.78, 5) is 12.0. The molecule has 0 saturated heterocycles. The van der Waals surface area contributed by atoms with Crippen LogP contribution < -0.4 is 15.4 Å². The Labute approximate surface area is 133 Å². The van der Waals surface area contributed by atoms with Crippen LogP contribution in [0, 0.1) is 5.41 Å². The van der Waals surface area contributed by atoms with Gasteiger partial charge in [0.2, 0.25) is 0 Å². The molecule has 0 unspecified atom stereocenters. The second kappa shape index (κ2) is 9.30. The first-order valence-corrected chi connectivity index (χ1v) is 7.86. The minimum absolute atomic E-state index is 0.115. The van der Waals surface area contributed by atoms with Gasteiger partial charge in [-0.15, -0.1) is 0 Å². The molecule has 0 radical (unpaired) electrons. The fraction of sp³-hybridized carbons (Fsp3) is 0.588. The molecule has 0 heterocycles. The molecule has 0 bridgehead atoms. The van der Waals surface area contributed by atoms with Crippen molar-refractivity contribution in [1.29, 1.82) is 0 Å². The van der Waals surface area contributed by atoms with Gasteiger partial charge < -0.3 is 20.5 Å². The van der Waals surface area contributed by atoms with Gasteiger partial charge in [0.05, 0.1) is 12.3 Å². The summed E-state index contributed by atoms with van der Waals surface area (Å²) in [5.74, 6) is 0.681. The van der Waals surface area contributed by atoms with E-state index in [-0.39, 0.29) is 18.1 Å². The predicted octanol–water partition coefficient (Wildman–Crippen LogP) is 3.40. The van der Waals surface area contributed by atoms with E-state index in [1.807, 2.05) is 38.1 Å². The molecule has 0 aliphatic rings. The number of carbonyl (C=O) groups is 1. The standard InChI is InChI=1S/C17H28N2O3/c1-4-5-12-22-15-9-7-6-8-14(15)19-16(21)18-13-17(2,3)10-11-20/h6-9,20H,4-5,10-13H2,1-3H3,(H2,18,19,21). The zero-order valence-electron chi connectivity index (χ0n) is 13.8. The number of hydrogen-bond acceptors (Lipinski definition) is 3. The van der Waals surface area contributed by atoms with Crippen molar-refractivity contribution < 1.29 is 14.6 Å². The van der Waals surface area contributed by atoms with E-state index in [9.17, 15) is 4.79 Å². The minimum atomic E-state index is -0.266. The van der Waals surface area contributed by atoms with Crippen LogP contribution in [0.2, 0.25) is 0 Å². The third-order valence-corrected chi connectivity index (χ3v) is 3.41. The molecule has 0 saturated carbocycles. The summed E-state index contributed by atoms with van der Waals surface area (Å²) in [5, 5.41) is 14.6. The molecule has 1 aromatic rings. The van der Waals surface area contributed by atoms with Gasteiger partial charge >= 0.3 is 6.03 Å². The van der Waals surface area contributed by atoms with Crippen LogP contribution in [-0.2, 0) is 0 Å². The first kappa shape index (κ1) is 18.3. The Morgan fingerprint density at radius 1 is 1.32 bits per heavy atom. The average Bonchev–Trinajstić information content (AvgIpc) is 2.47. The van der Waals surface area contributed by atoms with Crippen LogP contribution in [0.4, 0.5) is 10.5 Å². The summed E-state index contributed by atoms with van der Waals surface area (Å²) in [7, 11) is 0. The van der Waals surface area contributed by atoms with E-state index in [0.717, 1.165) is 12.8 Å². The highest BCUT2D eigenvalue weighted by Crippen LogP contribution is 2.24. The van der Waals surface area contributed by atoms with Crippen molar-refractivity contribution in [3.05, 3.63) is 24.3 Å². The lowest BCUT2D eigenvalue weighted by molar-refractivity contribution is 0.204. The molecular formula is C17H28N2O3. The minimum Gasteiger partial charge on any atom is -0.491 e. The lowest BCUT2D eigenvalue weighted by Crippen LogP contribution is -2.37. The Balaban J connectivity index is 2.53. The predicted molar refractivity (Wildman–Crippen MR) is 89.4 cm³/mol. The van der Waals surface area contributed by atoms with Crippen LogP contribution in [0.5, 0.6) is 5.75 Å². The molecule has 0 aromatic heterocycles. The number of aliphatic hydroxyl groups excluding tert-OH is 1. The van der Waals surface area contributed by atoms with E-state index in [1.54, 1.807) is 0 Å². The summed E-state index contributed by atoms with van der Waals surface area (Å²) < 4.78 is 5.69. The number of carbonyl (C=O) groups excluding carboxylic acids is 1. The molecule has 3 N–H and O–H groups in total. The molecule has 124 valence electrons. The number of para-hydroxylation sites is 2. The molecule has 5 nitrogen and oxygen atoms in total. The molecule has 0 aliphatic heterocycles. The van der Waals surface area contributed by atoms with Crippen LogP contribution >= 0.6 is 0 Å². The van der Waals surface area contributed by atoms with Crippen LogP contribution in [0.3, 0.4) is 0 Å². The van der Waals surface area contributed by atoms with Crippen molar-refractivity contribution in [2.45, 2.75) is 40.0 Å². The quantitative estimate of drug-likeness (QED) is 0.612. The highest BCUT2D eigenvalue weighted by atomic mass is 16.5. The second-order valence-corrected chi connectivity index (χ2v) is 6.14. The highest BCUT2D eigenvalue weighted by Gasteiger charge is 2.18. The zero-order chi connectivity index (χ0) is 16.4. The summed E-state index contributed by atoms with van der Waals surface area (Å²) in [6.07, 6.45) is 2.69. The smallest absolute Gasteiger partial charge is 0.319 e. The molecular weight excluding hydrogens is 280 g/mol. The van der Waals surface area contributed by atoms with Crippen molar-refractivity contribution in [3.63, 3.8) is 0 Å². The number of aliphatic hydroxyl groups is 1. The Morgan fingerprint density at radius 2 is 2.05 bits per heavy atom. The lowest BCUT2D eigenvalue weighted by Gasteiger charge is -2.24. The van der Waals surface area contributed by atoms with Crippen molar-refractivity contribution in [3.8, 4) is 5.75 Å². The molecule has 1 rings (SSSR count). The molecule has 0 aliphatic carbocycles. The topological polar surface area (TPSA) is 70.6 Å². The van der Waals surface area contributed by atoms with Crippen molar-refractivity contribution in [2.75, 3.05) is 25.1 Å². The van der Waals surface area contributed by atoms with E-state index >= 15 is 0 Å². The summed E-state index contributed by atoms with van der Waals surface area (Å²) in [6, 6.07) is 7.14. The van der Waals surface area contributed by atoms with Crippen LogP contribution in [-0.4, -0.2) is 30.9 Å². The molecule has 1 aromatic carbocycles. The third kappa shape index (κ3) is 6.80. The van der Waals surface area contributed by atoms with E-state index in [0.29, 0.717) is 31.0 Å². The average molecular weight is 308 g/mol. The first-order valence-electron chi connectivity index (χ1n) is 7.86. The SMILES string of the molecule is CCCCOc1ccccc1NC(=O)NCC(C)(C)CCO. The molecule has 0 fully saturated rings. The van der Waals surface area contributed by atoms with Gasteiger partial charge in [0.15, 0.2) is 0 Å². The van der Waals surface area contributed by atoms with Crippen LogP contribution in [0.1, 0.15) is 40.0 Å². The van der Waals surface area contributed by atoms with Gasteiger partial charge in [-0.05, 0) is 30.4 Å². The van der Waals surface area contributed by atoms with E-state index < -0.39 is 0 Å². The van der Waals surface area contributed by atoms with Crippen LogP contribution in [0.25, 0.3) is 0 Å². The molecule has 0 atom stereocenters. The molecule has 2 amide bonds. The molecule has 22 heavy (non-hydrogen) atoms. The molecule has 0 spiro atoms. The van der Waals surface area contributed by atoms with Crippen LogP contribution in [0.15, 0.2) is 24.3 Å². The monoisotopic (exact) mass is 308 g/mol. The van der Waals surface area contributed by atoms with Crippen molar-refractivity contribution in [2.24, 2.45) is 5.41 Å². The Bertz CT molecular complexity index is 461. The number of hydrogen-bond donors (Lipinski definition) is 3. The second-order valence-electron chi connectivity index (χ2n) is 6.14. The van der Waals surface area contributed by atoms with Gasteiger partial charge in [-0.25, -0.2) is 4.79 Å². The van der Waals surface area contributed by atoms with Gasteiger partial charge in [-0.2, -0.15) is 0 Å². The number of urea groups is 1. The fourth-order valence-electron chi connectivity index (χ4n) is 1.90. The van der Waals surface area contributed by atoms with E-state index in [2.05, 4.69) is 17.6 Å². The van der Waals surface area contributed by atoms with Gasteiger partial charge in [-0.1, -0.05) is 39.3 Å². The number of anilines is 1. The summed E-state index contributed by atoms with van der Waals surface area (Å²) in [5.41, 5.74) is 0.527. The van der Waals surface area contributed by atoms with Crippen molar-refractivity contribution >= 4 is 11.7 Å². The van der Waals surface area contributed by atoms with Crippen molar-refractivity contribution in [1.82, 2.24) is 5.32 Å². The maximum absolute atomic E-state index is 12.0. The van der Waals surface area contributed by atoms with Gasteiger partial charge in [0.1, 0.15) is 5.75 Å². The Kier molecular flexibility index (Phi) is 7.74. The number of nitrogens with one attached hydrogen (secondary N) is 2. The number of unbranched alkanes of at least 4 members (excludes halogenated alkanes) is 1. The summed E-state index contributed by atoms with van der Waals surface area (Å²) >= 11 is 0. The van der Waals surface area contributed by atoms with Gasteiger partial charge in [0.25, 0.3) is 0 Å². The number of ether oxygens (including phenoxy) is 1. The normalized spacial score (nSPS) is 11.1. The maximum atomic E-state index is 12.0. The number of benzene rings is 1. The maximum Gasteiger partial charge on any atom is 0.319 e. The van der Waals surface area contributed by atoms with Gasteiger partial charge in [-0.3, -0.25) is 0 Å². The zero-order valence-corrected chi connectivity index (χ0v) is 13.8. The van der Waals surface area contributed by atoms with Gasteiger partial charge in [0, 0.05) is 13.2 Å². The summed E-state index contributed by atoms with van der Waals surface area (Å²) in [6.45, 7) is 7.37. The first-order chi connectivity index (χ1) is 10.5. The third-order valence-electron chi connectivity index (χ3n) is 3.41. The van der Waals surface area contributed by atoms with E-state index in [1.165, 1.54) is 0 Å². The number of amides is 2. The number of rotatable bonds is 9. The largest absolute Gasteiger partial charge is 0.491 e. The Morgan fingerprint density at radius 3 is 2.73 bits per heavy atom. The lowest BCUT2D eigenvalue weighted by atomic mass is 9.90. The van der Waals surface area contributed by atoms with E-state index in [4.69, 9.17) is 9.84 Å².